The number of carboxylic acid groups (broad SMARTS) is 1. The van der Waals surface area contributed by atoms with Crippen LogP contribution < -0.4 is 9.47 Å². The second-order valence-corrected chi connectivity index (χ2v) is 7.18. The van der Waals surface area contributed by atoms with Gasteiger partial charge in [-0.05, 0) is 31.0 Å². The van der Waals surface area contributed by atoms with E-state index in [2.05, 4.69) is 0 Å². The highest BCUT2D eigenvalue weighted by molar-refractivity contribution is 5.98. The molecule has 1 aliphatic heterocycles. The Hall–Kier alpha value is -2.83. The molecule has 2 atom stereocenters. The van der Waals surface area contributed by atoms with E-state index in [1.165, 1.54) is 14.2 Å². The predicted molar refractivity (Wildman–Crippen MR) is 106 cm³/mol. The molecule has 0 saturated heterocycles. The van der Waals surface area contributed by atoms with Crippen LogP contribution >= 0.6 is 0 Å². The molecule has 6 heteroatoms. The van der Waals surface area contributed by atoms with Crippen molar-refractivity contribution in [3.8, 4) is 11.5 Å². The van der Waals surface area contributed by atoms with Crippen molar-refractivity contribution in [2.24, 2.45) is 0 Å². The number of aliphatic hydroxyl groups is 1. The van der Waals surface area contributed by atoms with Gasteiger partial charge in [-0.2, -0.15) is 0 Å². The lowest BCUT2D eigenvalue weighted by Crippen LogP contribution is -2.42. The van der Waals surface area contributed by atoms with E-state index < -0.39 is 23.8 Å². The normalized spacial score (nSPS) is 18.8. The van der Waals surface area contributed by atoms with Crippen molar-refractivity contribution in [2.75, 3.05) is 14.2 Å². The van der Waals surface area contributed by atoms with Crippen molar-refractivity contribution in [2.45, 2.75) is 31.7 Å². The van der Waals surface area contributed by atoms with Gasteiger partial charge in [-0.25, -0.2) is 4.79 Å². The number of benzene rings is 2. The van der Waals surface area contributed by atoms with E-state index in [1.807, 2.05) is 36.4 Å². The Balaban J connectivity index is 2.18. The number of fused-ring (bicyclic) bond motifs is 1. The zero-order chi connectivity index (χ0) is 20.5. The number of hydrogen-bond acceptors (Lipinski definition) is 5. The largest absolute Gasteiger partial charge is 0.496 e. The lowest BCUT2D eigenvalue weighted by Gasteiger charge is -2.29. The van der Waals surface area contributed by atoms with Gasteiger partial charge in [0.15, 0.2) is 6.10 Å². The fraction of sp³-hybridized carbons (Fsp3) is 0.318. The highest BCUT2D eigenvalue weighted by Crippen LogP contribution is 2.50. The summed E-state index contributed by atoms with van der Waals surface area (Å²) in [6.45, 7) is 3.19. The second kappa shape index (κ2) is 7.66. The van der Waals surface area contributed by atoms with Gasteiger partial charge >= 0.3 is 5.97 Å². The Kier molecular flexibility index (Phi) is 5.45. The third-order valence-corrected chi connectivity index (χ3v) is 4.76. The first-order valence-corrected chi connectivity index (χ1v) is 8.91. The molecule has 2 unspecified atom stereocenters. The van der Waals surface area contributed by atoms with Crippen LogP contribution in [0.15, 0.2) is 36.4 Å². The minimum Gasteiger partial charge on any atom is -0.496 e. The van der Waals surface area contributed by atoms with E-state index >= 15 is 0 Å². The summed E-state index contributed by atoms with van der Waals surface area (Å²) in [6, 6.07) is 11.2. The van der Waals surface area contributed by atoms with E-state index in [-0.39, 0.29) is 11.3 Å². The summed E-state index contributed by atoms with van der Waals surface area (Å²) in [7, 11) is 3.00. The average molecular weight is 384 g/mol. The average Bonchev–Trinajstić information content (AvgIpc) is 3.05. The molecule has 0 radical (unpaired) electrons. The molecule has 3 rings (SSSR count). The predicted octanol–water partition coefficient (Wildman–Crippen LogP) is 3.78. The summed E-state index contributed by atoms with van der Waals surface area (Å²) in [5.41, 5.74) is 0.630. The standard InChI is InChI=1S/C22H24O6/c1-22(2,25)20-19(27-4)17-15(26-3)12-14(16(21(23)24)18(17)28-20)11-10-13-8-6-5-7-9-13/h5-12,19-20,25H,1-4H3,(H,23,24)/b11-10+. The Labute approximate surface area is 164 Å². The molecule has 28 heavy (non-hydrogen) atoms. The van der Waals surface area contributed by atoms with Crippen LogP contribution in [0.3, 0.4) is 0 Å². The number of aromatic carboxylic acids is 1. The fourth-order valence-electron chi connectivity index (χ4n) is 3.43. The van der Waals surface area contributed by atoms with Crippen LogP contribution in [0.1, 0.15) is 47.0 Å². The summed E-state index contributed by atoms with van der Waals surface area (Å²) >= 11 is 0. The zero-order valence-corrected chi connectivity index (χ0v) is 16.3. The molecule has 2 aromatic rings. The topological polar surface area (TPSA) is 85.2 Å². The van der Waals surface area contributed by atoms with Crippen LogP contribution in [0.5, 0.6) is 11.5 Å². The lowest BCUT2D eigenvalue weighted by molar-refractivity contribution is -0.0886. The zero-order valence-electron chi connectivity index (χ0n) is 16.3. The third-order valence-electron chi connectivity index (χ3n) is 4.76. The van der Waals surface area contributed by atoms with Gasteiger partial charge in [-0.1, -0.05) is 42.5 Å². The maximum Gasteiger partial charge on any atom is 0.340 e. The van der Waals surface area contributed by atoms with Gasteiger partial charge in [-0.3, -0.25) is 0 Å². The van der Waals surface area contributed by atoms with Crippen LogP contribution in [0.25, 0.3) is 12.2 Å². The molecule has 0 amide bonds. The molecule has 2 aromatic carbocycles. The van der Waals surface area contributed by atoms with Gasteiger partial charge in [0.05, 0.1) is 18.3 Å². The maximum atomic E-state index is 12.1. The summed E-state index contributed by atoms with van der Waals surface area (Å²) < 4.78 is 17.0. The molecular formula is C22H24O6. The minimum atomic E-state index is -1.25. The van der Waals surface area contributed by atoms with Crippen LogP contribution in [0.2, 0.25) is 0 Å². The van der Waals surface area contributed by atoms with Crippen molar-refractivity contribution >= 4 is 18.1 Å². The van der Waals surface area contributed by atoms with Crippen molar-refractivity contribution in [1.29, 1.82) is 0 Å². The van der Waals surface area contributed by atoms with E-state index in [1.54, 1.807) is 26.0 Å². The van der Waals surface area contributed by atoms with Crippen molar-refractivity contribution in [1.82, 2.24) is 0 Å². The summed E-state index contributed by atoms with van der Waals surface area (Å²) in [4.78, 5) is 12.1. The first kappa shape index (κ1) is 19.9. The number of carboxylic acids is 1. The first-order valence-electron chi connectivity index (χ1n) is 8.91. The molecule has 0 fully saturated rings. The van der Waals surface area contributed by atoms with E-state index in [0.29, 0.717) is 16.9 Å². The smallest absolute Gasteiger partial charge is 0.340 e. The van der Waals surface area contributed by atoms with Crippen molar-refractivity contribution in [3.63, 3.8) is 0 Å². The monoisotopic (exact) mass is 384 g/mol. The molecular weight excluding hydrogens is 360 g/mol. The van der Waals surface area contributed by atoms with Gasteiger partial charge in [0.2, 0.25) is 0 Å². The number of hydrogen-bond donors (Lipinski definition) is 2. The quantitative estimate of drug-likeness (QED) is 0.737. The molecule has 1 aliphatic rings. The van der Waals surface area contributed by atoms with E-state index in [0.717, 1.165) is 5.56 Å². The third kappa shape index (κ3) is 3.61. The van der Waals surface area contributed by atoms with Crippen molar-refractivity contribution < 1.29 is 29.2 Å². The van der Waals surface area contributed by atoms with Crippen LogP contribution in [-0.2, 0) is 4.74 Å². The highest BCUT2D eigenvalue weighted by Gasteiger charge is 2.47. The Morgan fingerprint density at radius 2 is 1.86 bits per heavy atom. The van der Waals surface area contributed by atoms with Crippen LogP contribution in [-0.4, -0.2) is 42.1 Å². The SMILES string of the molecule is COc1cc(/C=C/c2ccccc2)c(C(=O)O)c2c1C(OC)C(C(C)(C)O)O2. The van der Waals surface area contributed by atoms with Gasteiger partial charge < -0.3 is 24.4 Å². The highest BCUT2D eigenvalue weighted by atomic mass is 16.6. The molecule has 0 aliphatic carbocycles. The Morgan fingerprint density at radius 1 is 1.18 bits per heavy atom. The minimum absolute atomic E-state index is 0.0109. The van der Waals surface area contributed by atoms with Gasteiger partial charge in [0.25, 0.3) is 0 Å². The Bertz CT molecular complexity index is 895. The molecule has 6 nitrogen and oxygen atoms in total. The number of carbonyl (C=O) groups is 1. The van der Waals surface area contributed by atoms with E-state index in [9.17, 15) is 15.0 Å². The van der Waals surface area contributed by atoms with E-state index in [4.69, 9.17) is 14.2 Å². The molecule has 0 saturated carbocycles. The molecule has 2 N–H and O–H groups in total. The first-order chi connectivity index (χ1) is 13.3. The number of ether oxygens (including phenoxy) is 3. The summed E-state index contributed by atoms with van der Waals surface area (Å²) in [5.74, 6) is -0.511. The maximum absolute atomic E-state index is 12.1. The second-order valence-electron chi connectivity index (χ2n) is 7.18. The molecule has 1 heterocycles. The number of methoxy groups -OCH3 is 2. The molecule has 0 bridgehead atoms. The summed E-state index contributed by atoms with van der Waals surface area (Å²) in [6.07, 6.45) is 2.11. The molecule has 0 spiro atoms. The van der Waals surface area contributed by atoms with Crippen LogP contribution in [0, 0.1) is 0 Å². The van der Waals surface area contributed by atoms with Gasteiger partial charge in [0, 0.05) is 7.11 Å². The van der Waals surface area contributed by atoms with Gasteiger partial charge in [0.1, 0.15) is 23.2 Å². The number of rotatable bonds is 6. The summed E-state index contributed by atoms with van der Waals surface area (Å²) in [5, 5.41) is 20.4. The lowest BCUT2D eigenvalue weighted by atomic mass is 9.92. The van der Waals surface area contributed by atoms with Crippen molar-refractivity contribution in [3.05, 3.63) is 58.7 Å². The molecule has 148 valence electrons. The fourth-order valence-corrected chi connectivity index (χ4v) is 3.43. The van der Waals surface area contributed by atoms with Gasteiger partial charge in [-0.15, -0.1) is 0 Å². The van der Waals surface area contributed by atoms with Crippen LogP contribution in [0.4, 0.5) is 0 Å². The Morgan fingerprint density at radius 3 is 2.39 bits per heavy atom. The molecule has 0 aromatic heterocycles.